The fourth-order valence-electron chi connectivity index (χ4n) is 8.71. The molecule has 3 fully saturated rings. The molecule has 1 aromatic carbocycles. The molecule has 4 nitrogen and oxygen atoms in total. The predicted molar refractivity (Wildman–Crippen MR) is 143 cm³/mol. The minimum atomic E-state index is -0.194. The molecule has 0 saturated heterocycles. The van der Waals surface area contributed by atoms with Gasteiger partial charge in [-0.05, 0) is 92.9 Å². The van der Waals surface area contributed by atoms with E-state index in [0.29, 0.717) is 16.7 Å². The van der Waals surface area contributed by atoms with Crippen molar-refractivity contribution in [2.24, 2.45) is 34.5 Å². The average Bonchev–Trinajstić information content (AvgIpc) is 3.41. The first-order chi connectivity index (χ1) is 16.9. The fraction of sp³-hybridized carbons (Fsp3) is 0.700. The molecule has 2 N–H and O–H groups in total. The van der Waals surface area contributed by atoms with E-state index in [9.17, 15) is 4.39 Å². The third kappa shape index (κ3) is 4.37. The van der Waals surface area contributed by atoms with Crippen molar-refractivity contribution in [3.05, 3.63) is 42.0 Å². The van der Waals surface area contributed by atoms with Crippen molar-refractivity contribution in [3.63, 3.8) is 0 Å². The van der Waals surface area contributed by atoms with Gasteiger partial charge >= 0.3 is 0 Å². The van der Waals surface area contributed by atoms with Gasteiger partial charge in [0.1, 0.15) is 11.6 Å². The normalized spacial score (nSPS) is 37.9. The van der Waals surface area contributed by atoms with Gasteiger partial charge in [-0.3, -0.25) is 4.90 Å². The Morgan fingerprint density at radius 2 is 1.86 bits per heavy atom. The molecule has 0 radical (unpaired) electrons. The maximum absolute atomic E-state index is 13.6. The number of fused-ring (bicyclic) bond motifs is 6. The van der Waals surface area contributed by atoms with E-state index in [-0.39, 0.29) is 5.82 Å². The lowest BCUT2D eigenvalue weighted by Crippen LogP contribution is -2.58. The highest BCUT2D eigenvalue weighted by Crippen LogP contribution is 2.65. The van der Waals surface area contributed by atoms with Crippen molar-refractivity contribution in [3.8, 4) is 0 Å². The Balaban J connectivity index is 0.000000689. The Kier molecular flexibility index (Phi) is 7.78. The van der Waals surface area contributed by atoms with Gasteiger partial charge in [-0.25, -0.2) is 9.37 Å². The zero-order valence-electron chi connectivity index (χ0n) is 22.6. The fourth-order valence-corrected chi connectivity index (χ4v) is 8.71. The van der Waals surface area contributed by atoms with Crippen LogP contribution >= 0.6 is 0 Å². The second kappa shape index (κ2) is 10.3. The van der Waals surface area contributed by atoms with Crippen molar-refractivity contribution in [2.45, 2.75) is 78.7 Å². The monoisotopic (exact) mass is 483 g/mol. The number of imidazole rings is 1. The summed E-state index contributed by atoms with van der Waals surface area (Å²) in [6.07, 6.45) is 14.2. The lowest BCUT2D eigenvalue weighted by atomic mass is 9.47. The highest BCUT2D eigenvalue weighted by atomic mass is 19.1. The van der Waals surface area contributed by atoms with Gasteiger partial charge < -0.3 is 10.1 Å². The number of aliphatic hydroxyl groups excluding tert-OH is 1. The van der Waals surface area contributed by atoms with Gasteiger partial charge in [0.15, 0.2) is 0 Å². The minimum Gasteiger partial charge on any atom is -0.400 e. The molecule has 0 spiro atoms. The number of nitrogens with zero attached hydrogens (tertiary/aromatic N) is 2. The quantitative estimate of drug-likeness (QED) is 0.473. The first-order valence-electron chi connectivity index (χ1n) is 13.9. The summed E-state index contributed by atoms with van der Waals surface area (Å²) in [5, 5.41) is 7.00. The van der Waals surface area contributed by atoms with E-state index in [4.69, 9.17) is 10.1 Å². The van der Waals surface area contributed by atoms with Gasteiger partial charge in [-0.15, -0.1) is 0 Å². The van der Waals surface area contributed by atoms with Gasteiger partial charge in [0.25, 0.3) is 0 Å². The Labute approximate surface area is 211 Å². The molecule has 0 amide bonds. The molecule has 5 heteroatoms. The van der Waals surface area contributed by atoms with Crippen LogP contribution in [0.5, 0.6) is 0 Å². The molecule has 6 rings (SSSR count). The summed E-state index contributed by atoms with van der Waals surface area (Å²) in [6.45, 7) is 10.3. The van der Waals surface area contributed by atoms with Crippen LogP contribution in [-0.4, -0.2) is 46.7 Å². The molecule has 194 valence electrons. The maximum atomic E-state index is 13.6. The largest absolute Gasteiger partial charge is 0.400 e. The number of H-pyrrole nitrogens is 1. The standard InChI is InChI=1S/C27H36FN3.C2H6.CH4O/c1-26-13-11-21-19(7-10-24-27(21,2)12-4-14-31(24)3)20(26)8-5-17(26)15-25-29-22-9-6-18(28)16-23(22)30-25;2*1-2/h4,6,9,12,16-17,19-21,24H,5,7-8,10-11,13-15H2,1-3H3,(H,29,30);1-2H3;2H,1H3. The number of benzene rings is 1. The van der Waals surface area contributed by atoms with E-state index in [1.165, 1.54) is 44.6 Å². The molecule has 3 aliphatic carbocycles. The molecule has 2 aromatic rings. The molecular weight excluding hydrogens is 437 g/mol. The number of nitrogens with one attached hydrogen (secondary N) is 1. The van der Waals surface area contributed by atoms with Gasteiger partial charge in [-0.1, -0.05) is 39.8 Å². The van der Waals surface area contributed by atoms with Gasteiger partial charge in [0.05, 0.1) is 11.0 Å². The molecule has 4 aliphatic rings. The van der Waals surface area contributed by atoms with E-state index in [1.54, 1.807) is 12.1 Å². The summed E-state index contributed by atoms with van der Waals surface area (Å²) < 4.78 is 13.6. The zero-order chi connectivity index (χ0) is 25.4. The molecule has 7 unspecified atom stereocenters. The SMILES string of the molecule is CC.CN1CC=CC2(C)C3CCC4(C)C(Cc5nc6ccc(F)cc6[nH]5)CCC4C3CCC12.CO. The smallest absolute Gasteiger partial charge is 0.125 e. The first-order valence-corrected chi connectivity index (χ1v) is 13.9. The second-order valence-electron chi connectivity index (χ2n) is 11.5. The van der Waals surface area contributed by atoms with Crippen molar-refractivity contribution < 1.29 is 9.50 Å². The third-order valence-corrected chi connectivity index (χ3v) is 10.3. The Morgan fingerprint density at radius 3 is 2.63 bits per heavy atom. The number of hydrogen-bond acceptors (Lipinski definition) is 3. The number of aromatic nitrogens is 2. The van der Waals surface area contributed by atoms with E-state index < -0.39 is 0 Å². The van der Waals surface area contributed by atoms with E-state index >= 15 is 0 Å². The number of halogens is 1. The molecule has 7 atom stereocenters. The minimum absolute atomic E-state index is 0.194. The summed E-state index contributed by atoms with van der Waals surface area (Å²) >= 11 is 0. The Bertz CT molecular complexity index is 1030. The predicted octanol–water partition coefficient (Wildman–Crippen LogP) is 6.61. The van der Waals surface area contributed by atoms with Crippen LogP contribution in [0.1, 0.15) is 72.0 Å². The molecule has 35 heavy (non-hydrogen) atoms. The molecule has 1 aromatic heterocycles. The van der Waals surface area contributed by atoms with Crippen molar-refractivity contribution >= 4 is 11.0 Å². The molecule has 1 aliphatic heterocycles. The van der Waals surface area contributed by atoms with Crippen molar-refractivity contribution in [1.29, 1.82) is 0 Å². The van der Waals surface area contributed by atoms with Crippen molar-refractivity contribution in [2.75, 3.05) is 20.7 Å². The lowest BCUT2D eigenvalue weighted by molar-refractivity contribution is -0.0866. The molecule has 2 heterocycles. The van der Waals surface area contributed by atoms with Crippen molar-refractivity contribution in [1.82, 2.24) is 14.9 Å². The average molecular weight is 484 g/mol. The molecular formula is C30H46FN3O. The summed E-state index contributed by atoms with van der Waals surface area (Å²) in [6, 6.07) is 5.60. The number of likely N-dealkylation sites (N-methyl/N-ethyl adjacent to an activating group) is 1. The summed E-state index contributed by atoms with van der Waals surface area (Å²) in [5.74, 6) is 4.07. The van der Waals surface area contributed by atoms with Crippen LogP contribution in [0.25, 0.3) is 11.0 Å². The first kappa shape index (κ1) is 26.3. The second-order valence-corrected chi connectivity index (χ2v) is 11.5. The highest BCUT2D eigenvalue weighted by Gasteiger charge is 2.59. The number of aliphatic hydroxyl groups is 1. The maximum Gasteiger partial charge on any atom is 0.125 e. The number of aromatic amines is 1. The van der Waals surface area contributed by atoms with Gasteiger partial charge in [-0.2, -0.15) is 0 Å². The highest BCUT2D eigenvalue weighted by molar-refractivity contribution is 5.74. The van der Waals surface area contributed by atoms with Crippen LogP contribution in [0.3, 0.4) is 0 Å². The van der Waals surface area contributed by atoms with Crippen LogP contribution in [-0.2, 0) is 6.42 Å². The van der Waals surface area contributed by atoms with Crippen LogP contribution in [0.15, 0.2) is 30.4 Å². The topological polar surface area (TPSA) is 52.2 Å². The Morgan fingerprint density at radius 1 is 1.09 bits per heavy atom. The van der Waals surface area contributed by atoms with Crippen LogP contribution in [0.2, 0.25) is 0 Å². The lowest BCUT2D eigenvalue weighted by Gasteiger charge is -2.60. The third-order valence-electron chi connectivity index (χ3n) is 10.3. The molecule has 0 bridgehead atoms. The van der Waals surface area contributed by atoms with Gasteiger partial charge in [0.2, 0.25) is 0 Å². The molecule has 3 saturated carbocycles. The number of hydrogen-bond donors (Lipinski definition) is 2. The van der Waals surface area contributed by atoms with Gasteiger partial charge in [0, 0.05) is 31.5 Å². The van der Waals surface area contributed by atoms with Crippen LogP contribution < -0.4 is 0 Å². The van der Waals surface area contributed by atoms with E-state index in [1.807, 2.05) is 13.8 Å². The van der Waals surface area contributed by atoms with Crippen LogP contribution in [0, 0.1) is 40.3 Å². The summed E-state index contributed by atoms with van der Waals surface area (Å²) in [7, 11) is 3.32. The summed E-state index contributed by atoms with van der Waals surface area (Å²) in [4.78, 5) is 10.8. The zero-order valence-corrected chi connectivity index (χ0v) is 22.6. The summed E-state index contributed by atoms with van der Waals surface area (Å²) in [5.41, 5.74) is 2.48. The van der Waals surface area contributed by atoms with E-state index in [0.717, 1.165) is 60.7 Å². The Hall–Kier alpha value is -1.72. The van der Waals surface area contributed by atoms with E-state index in [2.05, 4.69) is 42.9 Å². The van der Waals surface area contributed by atoms with Crippen LogP contribution in [0.4, 0.5) is 4.39 Å². The number of rotatable bonds is 2.